The second kappa shape index (κ2) is 16.8. The van der Waals surface area contributed by atoms with Crippen molar-refractivity contribution in [2.45, 2.75) is 40.2 Å². The highest BCUT2D eigenvalue weighted by atomic mass is 127. The van der Waals surface area contributed by atoms with Crippen molar-refractivity contribution >= 4 is 35.8 Å². The Morgan fingerprint density at radius 1 is 1.11 bits per heavy atom. The standard InChI is InChI=1S/C20H34N4O2.HI/c1-4-12-22-19(25)11-13-23-20(21-5-2)24-14-17(3)15-26-16-18-9-7-6-8-10-18;/h6-10,17H,4-5,11-16H2,1-3H3,(H,22,25)(H2,21,23,24);1H. The zero-order chi connectivity index (χ0) is 19.0. The Bertz CT molecular complexity index is 526. The quantitative estimate of drug-likeness (QED) is 0.239. The Hall–Kier alpha value is -1.35. The fraction of sp³-hybridized carbons (Fsp3) is 0.600. The van der Waals surface area contributed by atoms with Crippen LogP contribution in [0.1, 0.15) is 39.2 Å². The molecule has 1 aromatic rings. The first-order valence-corrected chi connectivity index (χ1v) is 9.56. The number of nitrogens with one attached hydrogen (secondary N) is 3. The summed E-state index contributed by atoms with van der Waals surface area (Å²) in [4.78, 5) is 16.2. The van der Waals surface area contributed by atoms with Gasteiger partial charge in [0.1, 0.15) is 0 Å². The summed E-state index contributed by atoms with van der Waals surface area (Å²) in [5.41, 5.74) is 1.18. The number of guanidine groups is 1. The van der Waals surface area contributed by atoms with Crippen LogP contribution in [-0.4, -0.2) is 44.7 Å². The third kappa shape index (κ3) is 13.5. The summed E-state index contributed by atoms with van der Waals surface area (Å²) in [6.45, 7) is 10.2. The van der Waals surface area contributed by atoms with Gasteiger partial charge in [0.05, 0.1) is 13.2 Å². The van der Waals surface area contributed by atoms with Gasteiger partial charge in [0, 0.05) is 32.6 Å². The molecule has 154 valence electrons. The number of ether oxygens (including phenoxy) is 1. The number of amides is 1. The highest BCUT2D eigenvalue weighted by Gasteiger charge is 2.05. The molecule has 1 unspecified atom stereocenters. The number of benzene rings is 1. The topological polar surface area (TPSA) is 74.8 Å². The first-order valence-electron chi connectivity index (χ1n) is 9.56. The van der Waals surface area contributed by atoms with E-state index < -0.39 is 0 Å². The maximum Gasteiger partial charge on any atom is 0.221 e. The zero-order valence-electron chi connectivity index (χ0n) is 16.8. The molecule has 0 heterocycles. The van der Waals surface area contributed by atoms with Gasteiger partial charge in [-0.15, -0.1) is 24.0 Å². The average molecular weight is 490 g/mol. The largest absolute Gasteiger partial charge is 0.376 e. The molecule has 7 heteroatoms. The van der Waals surface area contributed by atoms with Gasteiger partial charge >= 0.3 is 0 Å². The predicted molar refractivity (Wildman–Crippen MR) is 123 cm³/mol. The van der Waals surface area contributed by atoms with Gasteiger partial charge in [0.15, 0.2) is 5.96 Å². The molecule has 1 atom stereocenters. The smallest absolute Gasteiger partial charge is 0.221 e. The van der Waals surface area contributed by atoms with Crippen molar-refractivity contribution in [1.29, 1.82) is 0 Å². The molecule has 0 spiro atoms. The van der Waals surface area contributed by atoms with Crippen molar-refractivity contribution in [2.75, 3.05) is 32.8 Å². The normalized spacial score (nSPS) is 12.0. The van der Waals surface area contributed by atoms with E-state index in [1.54, 1.807) is 0 Å². The van der Waals surface area contributed by atoms with Crippen LogP contribution in [-0.2, 0) is 16.1 Å². The minimum absolute atomic E-state index is 0. The molecule has 0 saturated carbocycles. The van der Waals surface area contributed by atoms with Crippen LogP contribution in [0.2, 0.25) is 0 Å². The van der Waals surface area contributed by atoms with E-state index in [0.29, 0.717) is 38.6 Å². The van der Waals surface area contributed by atoms with Crippen LogP contribution in [0.4, 0.5) is 0 Å². The van der Waals surface area contributed by atoms with E-state index in [-0.39, 0.29) is 29.9 Å². The molecule has 0 aromatic heterocycles. The maximum absolute atomic E-state index is 11.6. The van der Waals surface area contributed by atoms with Crippen LogP contribution in [0.3, 0.4) is 0 Å². The summed E-state index contributed by atoms with van der Waals surface area (Å²) in [6.07, 6.45) is 1.40. The second-order valence-corrected chi connectivity index (χ2v) is 6.35. The molecule has 0 aliphatic heterocycles. The van der Waals surface area contributed by atoms with E-state index in [9.17, 15) is 4.79 Å². The van der Waals surface area contributed by atoms with Crippen molar-refractivity contribution < 1.29 is 9.53 Å². The minimum atomic E-state index is 0. The summed E-state index contributed by atoms with van der Waals surface area (Å²) in [7, 11) is 0. The molecule has 1 amide bonds. The monoisotopic (exact) mass is 490 g/mol. The molecular formula is C20H35IN4O2. The molecule has 3 N–H and O–H groups in total. The lowest BCUT2D eigenvalue weighted by Crippen LogP contribution is -2.39. The highest BCUT2D eigenvalue weighted by Crippen LogP contribution is 2.03. The van der Waals surface area contributed by atoms with Crippen molar-refractivity contribution in [3.63, 3.8) is 0 Å². The molecule has 0 bridgehead atoms. The molecule has 0 radical (unpaired) electrons. The third-order valence-corrected chi connectivity index (χ3v) is 3.64. The Kier molecular flexibility index (Phi) is 16.0. The lowest BCUT2D eigenvalue weighted by atomic mass is 10.2. The van der Waals surface area contributed by atoms with E-state index in [1.165, 1.54) is 5.56 Å². The van der Waals surface area contributed by atoms with Crippen LogP contribution in [0.15, 0.2) is 35.3 Å². The van der Waals surface area contributed by atoms with Gasteiger partial charge in [0.25, 0.3) is 0 Å². The predicted octanol–water partition coefficient (Wildman–Crippen LogP) is 2.93. The van der Waals surface area contributed by atoms with Crippen molar-refractivity contribution in [3.8, 4) is 0 Å². The molecule has 0 fully saturated rings. The first-order chi connectivity index (χ1) is 12.7. The number of aliphatic imine (C=N–C) groups is 1. The summed E-state index contributed by atoms with van der Waals surface area (Å²) in [6, 6.07) is 10.2. The van der Waals surface area contributed by atoms with Gasteiger partial charge in [-0.3, -0.25) is 9.79 Å². The lowest BCUT2D eigenvalue weighted by molar-refractivity contribution is -0.120. The maximum atomic E-state index is 11.6. The first kappa shape index (κ1) is 25.6. The van der Waals surface area contributed by atoms with Crippen LogP contribution < -0.4 is 16.0 Å². The molecular weight excluding hydrogens is 455 g/mol. The second-order valence-electron chi connectivity index (χ2n) is 6.35. The van der Waals surface area contributed by atoms with E-state index in [4.69, 9.17) is 4.74 Å². The molecule has 0 aliphatic rings. The number of rotatable bonds is 12. The van der Waals surface area contributed by atoms with Gasteiger partial charge in [-0.1, -0.05) is 44.2 Å². The van der Waals surface area contributed by atoms with Crippen LogP contribution in [0.25, 0.3) is 0 Å². The number of nitrogens with zero attached hydrogens (tertiary/aromatic N) is 1. The fourth-order valence-electron chi connectivity index (χ4n) is 2.24. The summed E-state index contributed by atoms with van der Waals surface area (Å²) < 4.78 is 5.76. The van der Waals surface area contributed by atoms with E-state index in [2.05, 4.69) is 40.0 Å². The Morgan fingerprint density at radius 2 is 1.85 bits per heavy atom. The molecule has 6 nitrogen and oxygen atoms in total. The molecule has 0 aliphatic carbocycles. The summed E-state index contributed by atoms with van der Waals surface area (Å²) >= 11 is 0. The van der Waals surface area contributed by atoms with E-state index >= 15 is 0 Å². The summed E-state index contributed by atoms with van der Waals surface area (Å²) in [5, 5.41) is 9.27. The minimum Gasteiger partial charge on any atom is -0.376 e. The Balaban J connectivity index is 0.00000676. The number of hydrogen-bond acceptors (Lipinski definition) is 3. The molecule has 1 rings (SSSR count). The number of hydrogen-bond donors (Lipinski definition) is 3. The van der Waals surface area contributed by atoms with E-state index in [1.807, 2.05) is 32.0 Å². The third-order valence-electron chi connectivity index (χ3n) is 3.64. The Labute approximate surface area is 181 Å². The van der Waals surface area contributed by atoms with Crippen molar-refractivity contribution in [1.82, 2.24) is 16.0 Å². The van der Waals surface area contributed by atoms with E-state index in [0.717, 1.165) is 25.5 Å². The fourth-order valence-corrected chi connectivity index (χ4v) is 2.24. The molecule has 1 aromatic carbocycles. The molecule has 27 heavy (non-hydrogen) atoms. The SMILES string of the molecule is CCCNC(=O)CCNC(=NCC(C)COCc1ccccc1)NCC.I. The number of carbonyl (C=O) groups excluding carboxylic acids is 1. The van der Waals surface area contributed by atoms with Crippen LogP contribution in [0.5, 0.6) is 0 Å². The van der Waals surface area contributed by atoms with Crippen LogP contribution in [0, 0.1) is 5.92 Å². The summed E-state index contributed by atoms with van der Waals surface area (Å²) in [5.74, 6) is 1.13. The zero-order valence-corrected chi connectivity index (χ0v) is 19.1. The van der Waals surface area contributed by atoms with Gasteiger partial charge < -0.3 is 20.7 Å². The number of carbonyl (C=O) groups is 1. The van der Waals surface area contributed by atoms with Gasteiger partial charge in [0.2, 0.25) is 5.91 Å². The van der Waals surface area contributed by atoms with Crippen molar-refractivity contribution in [3.05, 3.63) is 35.9 Å². The van der Waals surface area contributed by atoms with Gasteiger partial charge in [-0.25, -0.2) is 0 Å². The molecule has 0 saturated heterocycles. The number of halogens is 1. The van der Waals surface area contributed by atoms with Gasteiger partial charge in [-0.05, 0) is 24.8 Å². The Morgan fingerprint density at radius 3 is 2.52 bits per heavy atom. The highest BCUT2D eigenvalue weighted by molar-refractivity contribution is 14.0. The van der Waals surface area contributed by atoms with Crippen LogP contribution >= 0.6 is 24.0 Å². The lowest BCUT2D eigenvalue weighted by Gasteiger charge is -2.14. The van der Waals surface area contributed by atoms with Gasteiger partial charge in [-0.2, -0.15) is 0 Å². The average Bonchev–Trinajstić information content (AvgIpc) is 2.65. The van der Waals surface area contributed by atoms with Crippen molar-refractivity contribution in [2.24, 2.45) is 10.9 Å².